The summed E-state index contributed by atoms with van der Waals surface area (Å²) in [5.41, 5.74) is 6.82. The Balaban J connectivity index is 1.97. The number of benzene rings is 2. The minimum atomic E-state index is -0.962. The van der Waals surface area contributed by atoms with Crippen LogP contribution in [0.2, 0.25) is 5.02 Å². The first-order chi connectivity index (χ1) is 14.9. The predicted octanol–water partition coefficient (Wildman–Crippen LogP) is 4.81. The summed E-state index contributed by atoms with van der Waals surface area (Å²) in [6, 6.07) is 12.9. The maximum absolute atomic E-state index is 9.28. The van der Waals surface area contributed by atoms with Gasteiger partial charge in [-0.25, -0.2) is 0 Å². The van der Waals surface area contributed by atoms with Gasteiger partial charge in [-0.3, -0.25) is 0 Å². The fourth-order valence-electron chi connectivity index (χ4n) is 2.89. The lowest BCUT2D eigenvalue weighted by Gasteiger charge is -2.24. The van der Waals surface area contributed by atoms with Gasteiger partial charge in [0.2, 0.25) is 0 Å². The Kier molecular flexibility index (Phi) is 9.82. The molecule has 0 unspecified atom stereocenters. The van der Waals surface area contributed by atoms with E-state index >= 15 is 0 Å². The van der Waals surface area contributed by atoms with Crippen molar-refractivity contribution in [3.8, 4) is 17.2 Å². The summed E-state index contributed by atoms with van der Waals surface area (Å²) in [5, 5.41) is 19.2. The van der Waals surface area contributed by atoms with Gasteiger partial charge in [-0.05, 0) is 54.7 Å². The van der Waals surface area contributed by atoms with Gasteiger partial charge in [-0.1, -0.05) is 55.1 Å². The molecule has 0 fully saturated rings. The van der Waals surface area contributed by atoms with Gasteiger partial charge in [0.1, 0.15) is 23.9 Å². The lowest BCUT2D eigenvalue weighted by molar-refractivity contribution is 0.113. The molecule has 0 spiro atoms. The smallest absolute Gasteiger partial charge is 0.131 e. The predicted molar refractivity (Wildman–Crippen MR) is 126 cm³/mol. The van der Waals surface area contributed by atoms with E-state index in [9.17, 15) is 10.2 Å². The molecule has 0 aliphatic carbocycles. The maximum atomic E-state index is 9.28. The van der Waals surface area contributed by atoms with Gasteiger partial charge in [0.05, 0.1) is 18.8 Å². The van der Waals surface area contributed by atoms with Crippen molar-refractivity contribution < 1.29 is 19.7 Å². The maximum Gasteiger partial charge on any atom is 0.131 e. The molecule has 31 heavy (non-hydrogen) atoms. The van der Waals surface area contributed by atoms with E-state index in [-0.39, 0.29) is 13.2 Å². The van der Waals surface area contributed by atoms with Crippen LogP contribution < -0.4 is 15.2 Å². The molecule has 0 heterocycles. The molecule has 0 aliphatic rings. The van der Waals surface area contributed by atoms with Crippen molar-refractivity contribution in [1.29, 1.82) is 0 Å². The molecule has 2 rings (SSSR count). The molecular formula is C25H30ClNO4. The molecule has 6 heteroatoms. The highest BCUT2D eigenvalue weighted by molar-refractivity contribution is 6.31. The van der Waals surface area contributed by atoms with E-state index in [0.29, 0.717) is 48.1 Å². The number of hydrogen-bond acceptors (Lipinski definition) is 5. The second-order valence-corrected chi connectivity index (χ2v) is 7.74. The zero-order valence-electron chi connectivity index (χ0n) is 17.6. The number of aliphatic hydroxyl groups is 2. The fraction of sp³-hybridized carbons (Fsp3) is 0.280. The standard InChI is InChI=1S/C25H30ClNO4/c1-3-7-19(4-2)16-30-21-9-5-10-22(14-21)31-23-12-11-20(24(26)15-23)8-6-13-25(27,17-28)18-29/h3-5,7,9-12,14-15,28-29H,1-2,6,8,13,16-18,27H2/b19-7+. The average Bonchev–Trinajstić information content (AvgIpc) is 2.78. The number of halogens is 1. The van der Waals surface area contributed by atoms with Crippen LogP contribution in [0.5, 0.6) is 17.2 Å². The SMILES string of the molecule is C=C/C=C(\C=C)COc1cccc(Oc2ccc(CCCC(N)(CO)CO)c(Cl)c2)c1. The van der Waals surface area contributed by atoms with Crippen LogP contribution in [0.1, 0.15) is 18.4 Å². The lowest BCUT2D eigenvalue weighted by Crippen LogP contribution is -2.47. The summed E-state index contributed by atoms with van der Waals surface area (Å²) in [6.45, 7) is 7.30. The second-order valence-electron chi connectivity index (χ2n) is 7.33. The molecule has 2 aromatic rings. The number of allylic oxidation sites excluding steroid dienone is 2. The van der Waals surface area contributed by atoms with Gasteiger partial charge in [0.15, 0.2) is 0 Å². The van der Waals surface area contributed by atoms with Crippen molar-refractivity contribution in [2.24, 2.45) is 5.73 Å². The minimum absolute atomic E-state index is 0.258. The van der Waals surface area contributed by atoms with E-state index in [1.807, 2.05) is 36.4 Å². The van der Waals surface area contributed by atoms with Crippen LogP contribution in [0, 0.1) is 0 Å². The number of ether oxygens (including phenoxy) is 2. The summed E-state index contributed by atoms with van der Waals surface area (Å²) in [4.78, 5) is 0. The number of aryl methyl sites for hydroxylation is 1. The van der Waals surface area contributed by atoms with Gasteiger partial charge >= 0.3 is 0 Å². The third-order valence-electron chi connectivity index (χ3n) is 4.82. The Morgan fingerprint density at radius 1 is 1.06 bits per heavy atom. The van der Waals surface area contributed by atoms with Gasteiger partial charge in [-0.15, -0.1) is 0 Å². The molecule has 0 saturated carbocycles. The van der Waals surface area contributed by atoms with E-state index in [0.717, 1.165) is 11.1 Å². The Morgan fingerprint density at radius 3 is 2.42 bits per heavy atom. The fourth-order valence-corrected chi connectivity index (χ4v) is 3.16. The first kappa shape index (κ1) is 24.7. The van der Waals surface area contributed by atoms with Crippen LogP contribution in [0.25, 0.3) is 0 Å². The van der Waals surface area contributed by atoms with Crippen LogP contribution in [0.4, 0.5) is 0 Å². The van der Waals surface area contributed by atoms with Crippen molar-refractivity contribution >= 4 is 11.6 Å². The summed E-state index contributed by atoms with van der Waals surface area (Å²) >= 11 is 6.42. The normalized spacial score (nSPS) is 11.8. The van der Waals surface area contributed by atoms with E-state index in [4.69, 9.17) is 26.8 Å². The van der Waals surface area contributed by atoms with E-state index in [1.54, 1.807) is 24.3 Å². The average molecular weight is 444 g/mol. The molecule has 4 N–H and O–H groups in total. The number of aliphatic hydroxyl groups excluding tert-OH is 2. The molecule has 0 saturated heterocycles. The van der Waals surface area contributed by atoms with Gasteiger partial charge < -0.3 is 25.4 Å². The van der Waals surface area contributed by atoms with Gasteiger partial charge in [0, 0.05) is 11.1 Å². The Morgan fingerprint density at radius 2 is 1.77 bits per heavy atom. The third kappa shape index (κ3) is 7.89. The molecule has 0 aliphatic heterocycles. The highest BCUT2D eigenvalue weighted by atomic mass is 35.5. The number of rotatable bonds is 13. The number of nitrogens with two attached hydrogens (primary N) is 1. The minimum Gasteiger partial charge on any atom is -0.489 e. The molecule has 2 aromatic carbocycles. The van der Waals surface area contributed by atoms with Crippen LogP contribution in [-0.2, 0) is 6.42 Å². The first-order valence-electron chi connectivity index (χ1n) is 10.1. The van der Waals surface area contributed by atoms with Crippen LogP contribution in [-0.4, -0.2) is 35.6 Å². The first-order valence-corrected chi connectivity index (χ1v) is 10.4. The summed E-state index contributed by atoms with van der Waals surface area (Å²) in [6.07, 6.45) is 7.15. The molecule has 5 nitrogen and oxygen atoms in total. The van der Waals surface area contributed by atoms with E-state index in [2.05, 4.69) is 13.2 Å². The quantitative estimate of drug-likeness (QED) is 0.387. The second kappa shape index (κ2) is 12.3. The summed E-state index contributed by atoms with van der Waals surface area (Å²) in [5.74, 6) is 1.92. The monoisotopic (exact) mass is 443 g/mol. The Bertz CT molecular complexity index is 906. The zero-order valence-corrected chi connectivity index (χ0v) is 18.4. The highest BCUT2D eigenvalue weighted by Gasteiger charge is 2.22. The lowest BCUT2D eigenvalue weighted by atomic mass is 9.94. The Hall–Kier alpha value is -2.57. The number of hydrogen-bond donors (Lipinski definition) is 3. The van der Waals surface area contributed by atoms with Crippen molar-refractivity contribution in [3.63, 3.8) is 0 Å². The largest absolute Gasteiger partial charge is 0.489 e. The zero-order chi connectivity index (χ0) is 22.7. The molecular weight excluding hydrogens is 414 g/mol. The molecule has 0 radical (unpaired) electrons. The van der Waals surface area contributed by atoms with Crippen molar-refractivity contribution in [3.05, 3.63) is 90.0 Å². The van der Waals surface area contributed by atoms with E-state index < -0.39 is 5.54 Å². The highest BCUT2D eigenvalue weighted by Crippen LogP contribution is 2.30. The molecule has 0 amide bonds. The molecule has 0 aromatic heterocycles. The van der Waals surface area contributed by atoms with Crippen molar-refractivity contribution in [1.82, 2.24) is 0 Å². The summed E-state index contributed by atoms with van der Waals surface area (Å²) < 4.78 is 11.7. The van der Waals surface area contributed by atoms with Crippen LogP contribution in [0.3, 0.4) is 0 Å². The molecule has 0 atom stereocenters. The van der Waals surface area contributed by atoms with Gasteiger partial charge in [-0.2, -0.15) is 0 Å². The van der Waals surface area contributed by atoms with Crippen LogP contribution in [0.15, 0.2) is 79.4 Å². The summed E-state index contributed by atoms with van der Waals surface area (Å²) in [7, 11) is 0. The Labute approximate surface area is 189 Å². The van der Waals surface area contributed by atoms with E-state index in [1.165, 1.54) is 0 Å². The molecule has 166 valence electrons. The topological polar surface area (TPSA) is 84.9 Å². The third-order valence-corrected chi connectivity index (χ3v) is 5.17. The van der Waals surface area contributed by atoms with Crippen LogP contribution >= 0.6 is 11.6 Å². The molecule has 0 bridgehead atoms. The van der Waals surface area contributed by atoms with Crippen molar-refractivity contribution in [2.45, 2.75) is 24.8 Å². The van der Waals surface area contributed by atoms with Gasteiger partial charge in [0.25, 0.3) is 0 Å². The van der Waals surface area contributed by atoms with Crippen molar-refractivity contribution in [2.75, 3.05) is 19.8 Å².